The molecule has 0 unspecified atom stereocenters. The second-order valence-electron chi connectivity index (χ2n) is 6.89. The molecule has 26 heavy (non-hydrogen) atoms. The third-order valence-electron chi connectivity index (χ3n) is 5.01. The molecule has 1 aromatic rings. The van der Waals surface area contributed by atoms with Crippen LogP contribution in [0.1, 0.15) is 18.4 Å². The predicted molar refractivity (Wildman–Crippen MR) is 120 cm³/mol. The molecule has 1 heterocycles. The molecule has 2 N–H and O–H groups in total. The smallest absolute Gasteiger partial charge is 0.191 e. The summed E-state index contributed by atoms with van der Waals surface area (Å²) in [6.07, 6.45) is 6.67. The number of piperazine rings is 1. The fourth-order valence-electron chi connectivity index (χ4n) is 3.47. The van der Waals surface area contributed by atoms with E-state index in [1.165, 1.54) is 5.56 Å². The molecule has 1 fully saturated rings. The molecule has 0 spiro atoms. The molecule has 0 aromatic heterocycles. The first kappa shape index (κ1) is 21.2. The van der Waals surface area contributed by atoms with Gasteiger partial charge in [0.05, 0.1) is 0 Å². The van der Waals surface area contributed by atoms with E-state index in [1.807, 2.05) is 7.05 Å². The molecule has 1 saturated heterocycles. The van der Waals surface area contributed by atoms with Gasteiger partial charge in [0, 0.05) is 58.9 Å². The van der Waals surface area contributed by atoms with E-state index in [4.69, 9.17) is 0 Å². The van der Waals surface area contributed by atoms with Gasteiger partial charge < -0.3 is 10.6 Å². The molecule has 1 aromatic carbocycles. The first-order valence-corrected chi connectivity index (χ1v) is 9.44. The van der Waals surface area contributed by atoms with E-state index in [0.29, 0.717) is 6.04 Å². The van der Waals surface area contributed by atoms with Crippen LogP contribution in [0.4, 0.5) is 0 Å². The van der Waals surface area contributed by atoms with E-state index in [2.05, 4.69) is 67.9 Å². The molecule has 5 nitrogen and oxygen atoms in total. The minimum absolute atomic E-state index is 0. The van der Waals surface area contributed by atoms with Crippen molar-refractivity contribution in [3.63, 3.8) is 0 Å². The van der Waals surface area contributed by atoms with Crippen LogP contribution in [-0.4, -0.2) is 68.1 Å². The summed E-state index contributed by atoms with van der Waals surface area (Å²) in [7, 11) is 1.85. The number of nitrogens with one attached hydrogen (secondary N) is 2. The van der Waals surface area contributed by atoms with Crippen LogP contribution in [0, 0.1) is 0 Å². The summed E-state index contributed by atoms with van der Waals surface area (Å²) >= 11 is 0. The first-order valence-electron chi connectivity index (χ1n) is 9.44. The van der Waals surface area contributed by atoms with Crippen LogP contribution in [0.15, 0.2) is 47.5 Å². The number of guanidine groups is 1. The summed E-state index contributed by atoms with van der Waals surface area (Å²) in [6, 6.07) is 11.3. The molecule has 1 aliphatic heterocycles. The van der Waals surface area contributed by atoms with Gasteiger partial charge >= 0.3 is 0 Å². The summed E-state index contributed by atoms with van der Waals surface area (Å²) < 4.78 is 0. The van der Waals surface area contributed by atoms with Gasteiger partial charge in [-0.1, -0.05) is 42.5 Å². The number of aliphatic imine (C=N–C) groups is 1. The van der Waals surface area contributed by atoms with Crippen LogP contribution in [0.2, 0.25) is 0 Å². The molecule has 0 radical (unpaired) electrons. The van der Waals surface area contributed by atoms with Crippen molar-refractivity contribution in [2.75, 3.05) is 46.3 Å². The van der Waals surface area contributed by atoms with Gasteiger partial charge in [-0.3, -0.25) is 14.8 Å². The zero-order chi connectivity index (χ0) is 17.3. The Kier molecular flexibility index (Phi) is 9.42. The van der Waals surface area contributed by atoms with Gasteiger partial charge in [-0.15, -0.1) is 24.0 Å². The van der Waals surface area contributed by atoms with E-state index in [-0.39, 0.29) is 24.0 Å². The lowest BCUT2D eigenvalue weighted by molar-refractivity contribution is 0.129. The van der Waals surface area contributed by atoms with Crippen molar-refractivity contribution in [2.24, 2.45) is 4.99 Å². The molecule has 0 bridgehead atoms. The van der Waals surface area contributed by atoms with Crippen molar-refractivity contribution < 1.29 is 0 Å². The van der Waals surface area contributed by atoms with Crippen LogP contribution in [-0.2, 0) is 6.54 Å². The number of nitrogens with zero attached hydrogens (tertiary/aromatic N) is 3. The SMILES string of the molecule is CN=C(NCCN1CCN(Cc2ccccc2)CC1)NC1CC=CC1.I. The average Bonchev–Trinajstić information content (AvgIpc) is 3.16. The minimum Gasteiger partial charge on any atom is -0.355 e. The molecule has 6 heteroatoms. The molecule has 0 saturated carbocycles. The second kappa shape index (κ2) is 11.6. The Morgan fingerprint density at radius 3 is 2.35 bits per heavy atom. The maximum atomic E-state index is 4.33. The number of rotatable bonds is 6. The molecule has 2 aliphatic rings. The van der Waals surface area contributed by atoms with Gasteiger partial charge in [-0.05, 0) is 18.4 Å². The van der Waals surface area contributed by atoms with Crippen LogP contribution in [0.25, 0.3) is 0 Å². The summed E-state index contributed by atoms with van der Waals surface area (Å²) in [4.78, 5) is 9.42. The summed E-state index contributed by atoms with van der Waals surface area (Å²) in [6.45, 7) is 7.67. The number of benzene rings is 1. The largest absolute Gasteiger partial charge is 0.355 e. The molecule has 0 amide bonds. The number of hydrogen-bond donors (Lipinski definition) is 2. The topological polar surface area (TPSA) is 42.9 Å². The highest BCUT2D eigenvalue weighted by atomic mass is 127. The Balaban J connectivity index is 0.00000243. The lowest BCUT2D eigenvalue weighted by atomic mass is 10.2. The van der Waals surface area contributed by atoms with E-state index < -0.39 is 0 Å². The summed E-state index contributed by atoms with van der Waals surface area (Å²) in [5, 5.41) is 6.94. The zero-order valence-electron chi connectivity index (χ0n) is 15.7. The van der Waals surface area contributed by atoms with Gasteiger partial charge in [0.2, 0.25) is 0 Å². The van der Waals surface area contributed by atoms with E-state index in [1.54, 1.807) is 0 Å². The highest BCUT2D eigenvalue weighted by molar-refractivity contribution is 14.0. The Morgan fingerprint density at radius 1 is 1.04 bits per heavy atom. The fourth-order valence-corrected chi connectivity index (χ4v) is 3.47. The molecule has 0 atom stereocenters. The van der Waals surface area contributed by atoms with Gasteiger partial charge in [0.25, 0.3) is 0 Å². The Labute approximate surface area is 174 Å². The van der Waals surface area contributed by atoms with E-state index >= 15 is 0 Å². The van der Waals surface area contributed by atoms with Gasteiger partial charge in [-0.2, -0.15) is 0 Å². The standard InChI is InChI=1S/C20H31N5.HI/c1-21-20(23-19-9-5-6-10-19)22-11-12-24-13-15-25(16-14-24)17-18-7-3-2-4-8-18;/h2-8,19H,9-17H2,1H3,(H2,21,22,23);1H. The maximum absolute atomic E-state index is 4.33. The van der Waals surface area contributed by atoms with Crippen molar-refractivity contribution in [2.45, 2.75) is 25.4 Å². The van der Waals surface area contributed by atoms with Gasteiger partial charge in [0.15, 0.2) is 5.96 Å². The van der Waals surface area contributed by atoms with Gasteiger partial charge in [-0.25, -0.2) is 0 Å². The summed E-state index contributed by atoms with van der Waals surface area (Å²) in [5.74, 6) is 0.927. The van der Waals surface area contributed by atoms with Crippen molar-refractivity contribution in [1.29, 1.82) is 0 Å². The second-order valence-corrected chi connectivity index (χ2v) is 6.89. The Hall–Kier alpha value is -1.12. The zero-order valence-corrected chi connectivity index (χ0v) is 18.1. The van der Waals surface area contributed by atoms with Crippen LogP contribution in [0.3, 0.4) is 0 Å². The average molecular weight is 469 g/mol. The molecule has 3 rings (SSSR count). The first-order chi connectivity index (χ1) is 12.3. The Morgan fingerprint density at radius 2 is 1.69 bits per heavy atom. The third kappa shape index (κ3) is 6.89. The Bertz CT molecular complexity index is 559. The van der Waals surface area contributed by atoms with Crippen LogP contribution < -0.4 is 10.6 Å². The molecule has 1 aliphatic carbocycles. The quantitative estimate of drug-likeness (QED) is 0.291. The summed E-state index contributed by atoms with van der Waals surface area (Å²) in [5.41, 5.74) is 1.41. The fraction of sp³-hybridized carbons (Fsp3) is 0.550. The molecular weight excluding hydrogens is 437 g/mol. The number of halogens is 1. The van der Waals surface area contributed by atoms with Crippen molar-refractivity contribution in [3.05, 3.63) is 48.0 Å². The van der Waals surface area contributed by atoms with Crippen molar-refractivity contribution in [1.82, 2.24) is 20.4 Å². The monoisotopic (exact) mass is 469 g/mol. The normalized spacial score (nSPS) is 19.3. The third-order valence-corrected chi connectivity index (χ3v) is 5.01. The highest BCUT2D eigenvalue weighted by Gasteiger charge is 2.17. The van der Waals surface area contributed by atoms with Crippen molar-refractivity contribution in [3.8, 4) is 0 Å². The van der Waals surface area contributed by atoms with E-state index in [0.717, 1.165) is 64.6 Å². The lowest BCUT2D eigenvalue weighted by Gasteiger charge is -2.34. The highest BCUT2D eigenvalue weighted by Crippen LogP contribution is 2.09. The lowest BCUT2D eigenvalue weighted by Crippen LogP contribution is -2.49. The number of hydrogen-bond acceptors (Lipinski definition) is 3. The molecular formula is C20H32IN5. The maximum Gasteiger partial charge on any atom is 0.191 e. The predicted octanol–water partition coefficient (Wildman–Crippen LogP) is 2.31. The van der Waals surface area contributed by atoms with Crippen molar-refractivity contribution >= 4 is 29.9 Å². The molecule has 144 valence electrons. The van der Waals surface area contributed by atoms with Gasteiger partial charge in [0.1, 0.15) is 0 Å². The van der Waals surface area contributed by atoms with E-state index in [9.17, 15) is 0 Å². The van der Waals surface area contributed by atoms with Crippen LogP contribution >= 0.6 is 24.0 Å². The minimum atomic E-state index is 0. The van der Waals surface area contributed by atoms with Crippen LogP contribution in [0.5, 0.6) is 0 Å².